The molecule has 1 aromatic carbocycles. The molecule has 0 bridgehead atoms. The van der Waals surface area contributed by atoms with Gasteiger partial charge in [0.15, 0.2) is 0 Å². The van der Waals surface area contributed by atoms with E-state index in [0.29, 0.717) is 5.54 Å². The third kappa shape index (κ3) is 1.80. The summed E-state index contributed by atoms with van der Waals surface area (Å²) < 4.78 is 0. The molecule has 1 aliphatic rings. The fraction of sp³-hybridized carbons (Fsp3) is 0.333. The lowest BCUT2D eigenvalue weighted by molar-refractivity contribution is 1.15. The lowest BCUT2D eigenvalue weighted by Gasteiger charge is -2.30. The third-order valence-electron chi connectivity index (χ3n) is 3.92. The largest absolute Gasteiger partial charge is 0.0915 e. The first-order valence-corrected chi connectivity index (χ1v) is 9.02. The van der Waals surface area contributed by atoms with E-state index in [1.807, 2.05) is 0 Å². The maximum Gasteiger partial charge on any atom is 0.0915 e. The first-order valence-electron chi connectivity index (χ1n) is 5.94. The molecule has 1 atom stereocenters. The summed E-state index contributed by atoms with van der Waals surface area (Å²) in [6.45, 7) is 9.46. The molecule has 0 N–H and O–H groups in total. The van der Waals surface area contributed by atoms with Crippen molar-refractivity contribution < 1.29 is 0 Å². The summed E-state index contributed by atoms with van der Waals surface area (Å²) in [6.07, 6.45) is 4.70. The molecule has 0 saturated carbocycles. The third-order valence-corrected chi connectivity index (χ3v) is 7.92. The van der Waals surface area contributed by atoms with Crippen LogP contribution in [-0.2, 0) is 0 Å². The second kappa shape index (κ2) is 4.06. The second-order valence-electron chi connectivity index (χ2n) is 5.29. The van der Waals surface area contributed by atoms with Crippen LogP contribution < -0.4 is 5.19 Å². The Bertz CT molecular complexity index is 438. The predicted octanol–water partition coefficient (Wildman–Crippen LogP) is 3.88. The van der Waals surface area contributed by atoms with Gasteiger partial charge in [0.2, 0.25) is 0 Å². The van der Waals surface area contributed by atoms with Gasteiger partial charge in [-0.05, 0) is 19.4 Å². The molecule has 2 rings (SSSR count). The Morgan fingerprint density at radius 1 is 1.00 bits per heavy atom. The minimum Gasteiger partial charge on any atom is -0.0794 e. The van der Waals surface area contributed by atoms with Gasteiger partial charge < -0.3 is 0 Å². The van der Waals surface area contributed by atoms with Gasteiger partial charge in [-0.15, -0.1) is 0 Å². The Hall–Kier alpha value is -1.08. The molecule has 0 aromatic heterocycles. The van der Waals surface area contributed by atoms with Crippen LogP contribution >= 0.6 is 0 Å². The molecule has 1 heteroatoms. The van der Waals surface area contributed by atoms with Gasteiger partial charge in [0.25, 0.3) is 0 Å². The maximum absolute atomic E-state index is 2.47. The molecule has 0 amide bonds. The summed E-state index contributed by atoms with van der Waals surface area (Å²) in [5, 5.41) is 1.55. The Morgan fingerprint density at radius 3 is 2.12 bits per heavy atom. The van der Waals surface area contributed by atoms with Gasteiger partial charge in [0, 0.05) is 0 Å². The zero-order valence-corrected chi connectivity index (χ0v) is 11.6. The standard InChI is InChI=1S/C15H20Si/c1-12-10-11-15(13(12)2)16(3,4)14-8-6-5-7-9-14/h5-11,15H,1-4H3. The first kappa shape index (κ1) is 11.4. The van der Waals surface area contributed by atoms with Crippen LogP contribution in [0, 0.1) is 0 Å². The molecule has 0 fully saturated rings. The molecule has 0 heterocycles. The lowest BCUT2D eigenvalue weighted by atomic mass is 10.2. The highest BCUT2D eigenvalue weighted by Crippen LogP contribution is 2.37. The Labute approximate surface area is 99.7 Å². The average molecular weight is 228 g/mol. The van der Waals surface area contributed by atoms with Crippen molar-refractivity contribution >= 4 is 13.3 Å². The highest BCUT2D eigenvalue weighted by molar-refractivity contribution is 6.91. The molecule has 0 radical (unpaired) electrons. The van der Waals surface area contributed by atoms with Crippen LogP contribution in [0.15, 0.2) is 53.6 Å². The number of rotatable bonds is 2. The molecule has 1 unspecified atom stereocenters. The molecule has 0 spiro atoms. The zero-order chi connectivity index (χ0) is 11.8. The Balaban J connectivity index is 2.38. The lowest BCUT2D eigenvalue weighted by Crippen LogP contribution is -2.45. The summed E-state index contributed by atoms with van der Waals surface area (Å²) in [5.41, 5.74) is 3.71. The summed E-state index contributed by atoms with van der Waals surface area (Å²) in [5.74, 6) is 0. The molecule has 0 aliphatic heterocycles. The summed E-state index contributed by atoms with van der Waals surface area (Å²) in [7, 11) is -1.40. The minimum atomic E-state index is -1.40. The topological polar surface area (TPSA) is 0 Å². The first-order chi connectivity index (χ1) is 7.53. The molecule has 84 valence electrons. The van der Waals surface area contributed by atoms with Crippen molar-refractivity contribution in [2.75, 3.05) is 0 Å². The van der Waals surface area contributed by atoms with E-state index in [2.05, 4.69) is 69.4 Å². The van der Waals surface area contributed by atoms with Crippen LogP contribution in [0.3, 0.4) is 0 Å². The quantitative estimate of drug-likeness (QED) is 0.674. The smallest absolute Gasteiger partial charge is 0.0794 e. The van der Waals surface area contributed by atoms with Crippen LogP contribution in [0.25, 0.3) is 0 Å². The molecule has 16 heavy (non-hydrogen) atoms. The summed E-state index contributed by atoms with van der Waals surface area (Å²) in [6, 6.07) is 11.0. The van der Waals surface area contributed by atoms with Gasteiger partial charge in [-0.25, -0.2) is 0 Å². The molecular formula is C15H20Si. The second-order valence-corrected chi connectivity index (χ2v) is 9.93. The van der Waals surface area contributed by atoms with Crippen LogP contribution in [0.2, 0.25) is 18.6 Å². The minimum absolute atomic E-state index is 0.676. The van der Waals surface area contributed by atoms with Gasteiger partial charge in [-0.2, -0.15) is 0 Å². The van der Waals surface area contributed by atoms with Gasteiger partial charge >= 0.3 is 0 Å². The van der Waals surface area contributed by atoms with Crippen LogP contribution in [0.5, 0.6) is 0 Å². The number of allylic oxidation sites excluding steroid dienone is 4. The van der Waals surface area contributed by atoms with Crippen molar-refractivity contribution in [2.24, 2.45) is 0 Å². The van der Waals surface area contributed by atoms with Crippen molar-refractivity contribution in [3.63, 3.8) is 0 Å². The number of hydrogen-bond donors (Lipinski definition) is 0. The van der Waals surface area contributed by atoms with E-state index in [1.165, 1.54) is 5.57 Å². The van der Waals surface area contributed by atoms with Gasteiger partial charge in [0.05, 0.1) is 8.07 Å². The normalized spacial score (nSPS) is 20.6. The Morgan fingerprint density at radius 2 is 1.62 bits per heavy atom. The van der Waals surface area contributed by atoms with Crippen molar-refractivity contribution in [1.82, 2.24) is 0 Å². The van der Waals surface area contributed by atoms with E-state index in [1.54, 1.807) is 10.8 Å². The van der Waals surface area contributed by atoms with Crippen molar-refractivity contribution in [3.05, 3.63) is 53.6 Å². The highest BCUT2D eigenvalue weighted by Gasteiger charge is 2.34. The fourth-order valence-corrected chi connectivity index (χ4v) is 5.89. The van der Waals surface area contributed by atoms with Crippen LogP contribution in [0.1, 0.15) is 13.8 Å². The maximum atomic E-state index is 2.47. The van der Waals surface area contributed by atoms with E-state index in [4.69, 9.17) is 0 Å². The highest BCUT2D eigenvalue weighted by atomic mass is 28.3. The van der Waals surface area contributed by atoms with E-state index in [0.717, 1.165) is 0 Å². The number of hydrogen-bond acceptors (Lipinski definition) is 0. The van der Waals surface area contributed by atoms with E-state index < -0.39 is 8.07 Å². The number of benzene rings is 1. The molecular weight excluding hydrogens is 208 g/mol. The monoisotopic (exact) mass is 228 g/mol. The van der Waals surface area contributed by atoms with E-state index in [9.17, 15) is 0 Å². The molecule has 1 aliphatic carbocycles. The summed E-state index contributed by atoms with van der Waals surface area (Å²) in [4.78, 5) is 0. The SMILES string of the molecule is CC1=C(C)C([Si](C)(C)c2ccccc2)C=C1. The summed E-state index contributed by atoms with van der Waals surface area (Å²) >= 11 is 0. The van der Waals surface area contributed by atoms with Crippen molar-refractivity contribution in [2.45, 2.75) is 32.5 Å². The van der Waals surface area contributed by atoms with Crippen molar-refractivity contribution in [1.29, 1.82) is 0 Å². The molecule has 0 nitrogen and oxygen atoms in total. The average Bonchev–Trinajstić information content (AvgIpc) is 2.61. The van der Waals surface area contributed by atoms with Gasteiger partial charge in [0.1, 0.15) is 0 Å². The van der Waals surface area contributed by atoms with Crippen molar-refractivity contribution in [3.8, 4) is 0 Å². The van der Waals surface area contributed by atoms with E-state index >= 15 is 0 Å². The molecule has 1 aromatic rings. The van der Waals surface area contributed by atoms with Crippen LogP contribution in [0.4, 0.5) is 0 Å². The van der Waals surface area contributed by atoms with E-state index in [-0.39, 0.29) is 0 Å². The Kier molecular flexibility index (Phi) is 2.89. The zero-order valence-electron chi connectivity index (χ0n) is 10.6. The van der Waals surface area contributed by atoms with Gasteiger partial charge in [-0.3, -0.25) is 0 Å². The molecule has 0 saturated heterocycles. The predicted molar refractivity (Wildman–Crippen MR) is 74.8 cm³/mol. The fourth-order valence-electron chi connectivity index (χ4n) is 2.59. The van der Waals surface area contributed by atoms with Gasteiger partial charge in [-0.1, -0.05) is 71.9 Å². The van der Waals surface area contributed by atoms with Crippen LogP contribution in [-0.4, -0.2) is 8.07 Å².